The molecule has 0 saturated carbocycles. The molecule has 1 rings (SSSR count). The number of nitrogens with one attached hydrogen (secondary N) is 1. The van der Waals surface area contributed by atoms with Crippen molar-refractivity contribution in [1.82, 2.24) is 0 Å². The van der Waals surface area contributed by atoms with Crippen LogP contribution in [-0.4, -0.2) is 19.3 Å². The van der Waals surface area contributed by atoms with Gasteiger partial charge in [0.05, 0.1) is 12.8 Å². The van der Waals surface area contributed by atoms with Gasteiger partial charge in [0.1, 0.15) is 0 Å². The van der Waals surface area contributed by atoms with Gasteiger partial charge in [0.25, 0.3) is 0 Å². The van der Waals surface area contributed by atoms with E-state index in [2.05, 4.69) is 5.32 Å². The van der Waals surface area contributed by atoms with Crippen LogP contribution in [-0.2, 0) is 4.79 Å². The van der Waals surface area contributed by atoms with Gasteiger partial charge in [-0.25, -0.2) is 4.39 Å². The summed E-state index contributed by atoms with van der Waals surface area (Å²) in [5.74, 6) is -0.943. The van der Waals surface area contributed by atoms with Crippen molar-refractivity contribution in [3.63, 3.8) is 0 Å². The number of ether oxygens (including phenoxy) is 1. The van der Waals surface area contributed by atoms with Crippen molar-refractivity contribution in [2.45, 2.75) is 6.92 Å². The summed E-state index contributed by atoms with van der Waals surface area (Å²) in [5, 5.41) is 2.25. The number of carbonyl (C=O) groups is 2. The molecule has 0 aliphatic rings. The molecule has 0 saturated heterocycles. The van der Waals surface area contributed by atoms with Gasteiger partial charge in [-0.1, -0.05) is 0 Å². The maximum absolute atomic E-state index is 13.2. The fourth-order valence-electron chi connectivity index (χ4n) is 1.18. The lowest BCUT2D eigenvalue weighted by molar-refractivity contribution is -0.105. The van der Waals surface area contributed by atoms with Gasteiger partial charge < -0.3 is 10.1 Å². The number of Topliss-reactive ketones (excluding diaryl/α,β-unsaturated/α-hetero) is 1. The summed E-state index contributed by atoms with van der Waals surface area (Å²) in [6.45, 7) is 1.32. The van der Waals surface area contributed by atoms with Gasteiger partial charge in [0.15, 0.2) is 17.3 Å². The van der Waals surface area contributed by atoms with Crippen LogP contribution in [0.15, 0.2) is 12.1 Å². The van der Waals surface area contributed by atoms with Crippen molar-refractivity contribution < 1.29 is 18.7 Å². The Morgan fingerprint density at radius 1 is 1.53 bits per heavy atom. The van der Waals surface area contributed by atoms with Crippen molar-refractivity contribution >= 4 is 17.9 Å². The molecule has 0 fully saturated rings. The van der Waals surface area contributed by atoms with Crippen LogP contribution >= 0.6 is 0 Å². The molecule has 4 nitrogen and oxygen atoms in total. The first-order valence-electron chi connectivity index (χ1n) is 4.18. The SMILES string of the molecule is COc1cc(C(C)=O)c(NC=O)cc1F. The van der Waals surface area contributed by atoms with E-state index in [0.29, 0.717) is 6.41 Å². The Balaban J connectivity index is 3.31. The maximum Gasteiger partial charge on any atom is 0.211 e. The van der Waals surface area contributed by atoms with E-state index in [1.165, 1.54) is 20.1 Å². The summed E-state index contributed by atoms with van der Waals surface area (Å²) in [6.07, 6.45) is 0.383. The van der Waals surface area contributed by atoms with Crippen molar-refractivity contribution in [3.8, 4) is 5.75 Å². The highest BCUT2D eigenvalue weighted by Gasteiger charge is 2.12. The van der Waals surface area contributed by atoms with Crippen LogP contribution in [0.25, 0.3) is 0 Å². The molecule has 15 heavy (non-hydrogen) atoms. The highest BCUT2D eigenvalue weighted by atomic mass is 19.1. The molecule has 1 aromatic carbocycles. The Bertz CT molecular complexity index is 404. The van der Waals surface area contributed by atoms with Gasteiger partial charge in [-0.15, -0.1) is 0 Å². The second-order valence-corrected chi connectivity index (χ2v) is 2.85. The minimum absolute atomic E-state index is 0.0309. The molecule has 0 aliphatic carbocycles. The van der Waals surface area contributed by atoms with Crippen molar-refractivity contribution in [3.05, 3.63) is 23.5 Å². The molecular formula is C10H10FNO3. The first-order valence-corrected chi connectivity index (χ1v) is 4.18. The largest absolute Gasteiger partial charge is 0.494 e. The molecule has 0 unspecified atom stereocenters. The van der Waals surface area contributed by atoms with Crippen LogP contribution in [0.2, 0.25) is 0 Å². The van der Waals surface area contributed by atoms with E-state index < -0.39 is 5.82 Å². The van der Waals surface area contributed by atoms with Gasteiger partial charge in [-0.05, 0) is 13.0 Å². The molecule has 1 N–H and O–H groups in total. The Hall–Kier alpha value is -1.91. The lowest BCUT2D eigenvalue weighted by Gasteiger charge is -2.08. The molecule has 5 heteroatoms. The third kappa shape index (κ3) is 2.31. The average Bonchev–Trinajstić information content (AvgIpc) is 2.18. The highest BCUT2D eigenvalue weighted by molar-refractivity contribution is 6.01. The summed E-state index contributed by atoms with van der Waals surface area (Å²) >= 11 is 0. The predicted molar refractivity (Wildman–Crippen MR) is 52.6 cm³/mol. The predicted octanol–water partition coefficient (Wildman–Crippen LogP) is 1.61. The Morgan fingerprint density at radius 3 is 2.67 bits per heavy atom. The van der Waals surface area contributed by atoms with E-state index in [4.69, 9.17) is 4.74 Å². The van der Waals surface area contributed by atoms with Crippen molar-refractivity contribution in [2.75, 3.05) is 12.4 Å². The molecule has 0 atom stereocenters. The van der Waals surface area contributed by atoms with Gasteiger partial charge >= 0.3 is 0 Å². The zero-order chi connectivity index (χ0) is 11.4. The molecular weight excluding hydrogens is 201 g/mol. The number of ketones is 1. The zero-order valence-corrected chi connectivity index (χ0v) is 8.33. The molecule has 0 aliphatic heterocycles. The number of rotatable bonds is 4. The number of hydrogen-bond acceptors (Lipinski definition) is 3. The number of methoxy groups -OCH3 is 1. The topological polar surface area (TPSA) is 55.4 Å². The van der Waals surface area contributed by atoms with Gasteiger partial charge in [0.2, 0.25) is 6.41 Å². The van der Waals surface area contributed by atoms with Crippen LogP contribution in [0.5, 0.6) is 5.75 Å². The van der Waals surface area contributed by atoms with E-state index in [-0.39, 0.29) is 22.8 Å². The lowest BCUT2D eigenvalue weighted by Crippen LogP contribution is -2.04. The van der Waals surface area contributed by atoms with E-state index in [9.17, 15) is 14.0 Å². The van der Waals surface area contributed by atoms with Crippen LogP contribution < -0.4 is 10.1 Å². The van der Waals surface area contributed by atoms with E-state index in [0.717, 1.165) is 6.07 Å². The molecule has 0 heterocycles. The Morgan fingerprint density at radius 2 is 2.20 bits per heavy atom. The normalized spacial score (nSPS) is 9.53. The van der Waals surface area contributed by atoms with Crippen LogP contribution in [0.4, 0.5) is 10.1 Å². The zero-order valence-electron chi connectivity index (χ0n) is 8.33. The number of amides is 1. The fraction of sp³-hybridized carbons (Fsp3) is 0.200. The molecule has 0 aromatic heterocycles. The van der Waals surface area contributed by atoms with E-state index in [1.807, 2.05) is 0 Å². The summed E-state index contributed by atoms with van der Waals surface area (Å²) in [4.78, 5) is 21.4. The van der Waals surface area contributed by atoms with E-state index in [1.54, 1.807) is 0 Å². The van der Waals surface area contributed by atoms with Crippen LogP contribution in [0, 0.1) is 5.82 Å². The second kappa shape index (κ2) is 4.54. The number of halogens is 1. The number of anilines is 1. The van der Waals surface area contributed by atoms with Gasteiger partial charge in [-0.3, -0.25) is 9.59 Å². The van der Waals surface area contributed by atoms with Gasteiger partial charge in [-0.2, -0.15) is 0 Å². The molecule has 0 spiro atoms. The van der Waals surface area contributed by atoms with Crippen LogP contribution in [0.1, 0.15) is 17.3 Å². The fourth-order valence-corrected chi connectivity index (χ4v) is 1.18. The molecule has 80 valence electrons. The van der Waals surface area contributed by atoms with Crippen LogP contribution in [0.3, 0.4) is 0 Å². The minimum atomic E-state index is -0.633. The first-order chi connectivity index (χ1) is 7.10. The standard InChI is InChI=1S/C10H10FNO3/c1-6(14)7-3-10(15-2)8(11)4-9(7)12-5-13/h3-5H,1-2H3,(H,12,13). The third-order valence-electron chi connectivity index (χ3n) is 1.89. The summed E-state index contributed by atoms with van der Waals surface area (Å²) in [7, 11) is 1.30. The summed E-state index contributed by atoms with van der Waals surface area (Å²) in [6, 6.07) is 2.30. The third-order valence-corrected chi connectivity index (χ3v) is 1.89. The Kier molecular flexibility index (Phi) is 3.38. The molecule has 1 amide bonds. The summed E-state index contributed by atoms with van der Waals surface area (Å²) < 4.78 is 18.0. The molecule has 0 radical (unpaired) electrons. The second-order valence-electron chi connectivity index (χ2n) is 2.85. The molecule has 0 bridgehead atoms. The number of carbonyl (C=O) groups excluding carboxylic acids is 2. The first kappa shape index (κ1) is 11.2. The highest BCUT2D eigenvalue weighted by Crippen LogP contribution is 2.25. The quantitative estimate of drug-likeness (QED) is 0.608. The maximum atomic E-state index is 13.2. The Labute approximate surface area is 86.0 Å². The van der Waals surface area contributed by atoms with Crippen molar-refractivity contribution in [2.24, 2.45) is 0 Å². The van der Waals surface area contributed by atoms with E-state index >= 15 is 0 Å². The minimum Gasteiger partial charge on any atom is -0.494 e. The molecule has 1 aromatic rings. The van der Waals surface area contributed by atoms with Crippen molar-refractivity contribution in [1.29, 1.82) is 0 Å². The summed E-state index contributed by atoms with van der Waals surface area (Å²) in [5.41, 5.74) is 0.344. The lowest BCUT2D eigenvalue weighted by atomic mass is 10.1. The average molecular weight is 211 g/mol. The number of hydrogen-bond donors (Lipinski definition) is 1. The smallest absolute Gasteiger partial charge is 0.211 e. The van der Waals surface area contributed by atoms with Gasteiger partial charge in [0, 0.05) is 11.6 Å². The monoisotopic (exact) mass is 211 g/mol. The number of benzene rings is 1.